The van der Waals surface area contributed by atoms with Crippen molar-refractivity contribution in [1.82, 2.24) is 9.80 Å². The average Bonchev–Trinajstić information content (AvgIpc) is 3.15. The number of amides is 1. The van der Waals surface area contributed by atoms with Crippen molar-refractivity contribution in [3.63, 3.8) is 0 Å². The quantitative estimate of drug-likeness (QED) is 0.847. The molecule has 2 fully saturated rings. The Bertz CT molecular complexity index is 497. The molecule has 0 N–H and O–H groups in total. The first kappa shape index (κ1) is 16.9. The Hall–Kier alpha value is -0.910. The minimum Gasteiger partial charge on any atom is -0.378 e. The van der Waals surface area contributed by atoms with E-state index >= 15 is 0 Å². The summed E-state index contributed by atoms with van der Waals surface area (Å²) in [5.74, 6) is 0.532. The zero-order chi connectivity index (χ0) is 16.2. The summed E-state index contributed by atoms with van der Waals surface area (Å²) in [6.07, 6.45) is 3.08. The van der Waals surface area contributed by atoms with Crippen LogP contribution in [-0.2, 0) is 9.53 Å². The number of rotatable bonds is 4. The van der Waals surface area contributed by atoms with Crippen LogP contribution in [0.15, 0.2) is 16.8 Å². The van der Waals surface area contributed by atoms with Crippen LogP contribution in [0.2, 0.25) is 0 Å². The van der Waals surface area contributed by atoms with E-state index in [1.165, 1.54) is 5.56 Å². The second kappa shape index (κ2) is 7.77. The third kappa shape index (κ3) is 3.95. The van der Waals surface area contributed by atoms with Crippen LogP contribution in [0.4, 0.5) is 0 Å². The number of nitrogens with zero attached hydrogens (tertiary/aromatic N) is 2. The van der Waals surface area contributed by atoms with Crippen LogP contribution in [0.25, 0.3) is 0 Å². The van der Waals surface area contributed by atoms with Gasteiger partial charge in [0.25, 0.3) is 0 Å². The van der Waals surface area contributed by atoms with Gasteiger partial charge in [0.05, 0.1) is 6.10 Å². The van der Waals surface area contributed by atoms with Gasteiger partial charge in [0.2, 0.25) is 5.91 Å². The Kier molecular flexibility index (Phi) is 5.72. The molecule has 0 saturated carbocycles. The van der Waals surface area contributed by atoms with Crippen molar-refractivity contribution < 1.29 is 9.53 Å². The molecule has 4 nitrogen and oxygen atoms in total. The summed E-state index contributed by atoms with van der Waals surface area (Å²) in [7, 11) is 0. The molecular formula is C18H28N2O2S. The Morgan fingerprint density at radius 2 is 2.17 bits per heavy atom. The third-order valence-electron chi connectivity index (χ3n) is 5.37. The Morgan fingerprint density at radius 3 is 2.83 bits per heavy atom. The smallest absolute Gasteiger partial charge is 0.225 e. The van der Waals surface area contributed by atoms with Gasteiger partial charge in [0.1, 0.15) is 0 Å². The van der Waals surface area contributed by atoms with Crippen LogP contribution >= 0.6 is 11.3 Å². The summed E-state index contributed by atoms with van der Waals surface area (Å²) in [6.45, 7) is 8.82. The molecule has 0 aliphatic carbocycles. The molecule has 3 heterocycles. The maximum atomic E-state index is 12.8. The summed E-state index contributed by atoms with van der Waals surface area (Å²) in [5, 5.41) is 4.37. The molecule has 0 aromatic carbocycles. The molecule has 5 heteroatoms. The fourth-order valence-corrected chi connectivity index (χ4v) is 4.45. The topological polar surface area (TPSA) is 32.8 Å². The molecule has 0 spiro atoms. The van der Waals surface area contributed by atoms with Gasteiger partial charge in [0, 0.05) is 44.7 Å². The maximum absolute atomic E-state index is 12.8. The first-order chi connectivity index (χ1) is 11.2. The summed E-state index contributed by atoms with van der Waals surface area (Å²) in [6, 6.07) is 2.66. The summed E-state index contributed by atoms with van der Waals surface area (Å²) in [5.41, 5.74) is 1.39. The molecule has 2 aliphatic rings. The standard InChI is InChI=1S/C18H28N2O2S/c1-3-17-12-15(4-10-22-17)18(21)20-8-6-19(7-9-20)14(2)16-5-11-23-13-16/h5,11,13-15,17H,3-4,6-10,12H2,1-2H3/t14-,15+,17+/m0/s1. The second-order valence-corrected chi connectivity index (χ2v) is 7.50. The molecule has 2 aliphatic heterocycles. The number of hydrogen-bond acceptors (Lipinski definition) is 4. The second-order valence-electron chi connectivity index (χ2n) is 6.72. The van der Waals surface area contributed by atoms with E-state index in [0.717, 1.165) is 52.0 Å². The Morgan fingerprint density at radius 1 is 1.39 bits per heavy atom. The van der Waals surface area contributed by atoms with E-state index in [2.05, 4.69) is 40.5 Å². The molecule has 23 heavy (non-hydrogen) atoms. The van der Waals surface area contributed by atoms with Crippen molar-refractivity contribution >= 4 is 17.2 Å². The highest BCUT2D eigenvalue weighted by molar-refractivity contribution is 7.07. The first-order valence-electron chi connectivity index (χ1n) is 8.85. The normalized spacial score (nSPS) is 27.8. The van der Waals surface area contributed by atoms with E-state index in [0.29, 0.717) is 11.9 Å². The lowest BCUT2D eigenvalue weighted by Gasteiger charge is -2.40. The zero-order valence-electron chi connectivity index (χ0n) is 14.2. The van der Waals surface area contributed by atoms with Crippen LogP contribution in [-0.4, -0.2) is 54.6 Å². The number of carbonyl (C=O) groups excluding carboxylic acids is 1. The van der Waals surface area contributed by atoms with Gasteiger partial charge in [-0.15, -0.1) is 0 Å². The lowest BCUT2D eigenvalue weighted by molar-refractivity contribution is -0.142. The largest absolute Gasteiger partial charge is 0.378 e. The minimum absolute atomic E-state index is 0.176. The van der Waals surface area contributed by atoms with Gasteiger partial charge in [-0.1, -0.05) is 6.92 Å². The predicted molar refractivity (Wildman–Crippen MR) is 93.6 cm³/mol. The predicted octanol–water partition coefficient (Wildman–Crippen LogP) is 3.16. The molecule has 0 bridgehead atoms. The summed E-state index contributed by atoms with van der Waals surface area (Å²) in [4.78, 5) is 17.3. The number of piperazine rings is 1. The molecule has 3 rings (SSSR count). The molecule has 2 saturated heterocycles. The monoisotopic (exact) mass is 336 g/mol. The van der Waals surface area contributed by atoms with Crippen molar-refractivity contribution in [3.8, 4) is 0 Å². The van der Waals surface area contributed by atoms with Gasteiger partial charge in [-0.25, -0.2) is 0 Å². The lowest BCUT2D eigenvalue weighted by atomic mass is 9.92. The summed E-state index contributed by atoms with van der Waals surface area (Å²) >= 11 is 1.76. The molecule has 1 aromatic rings. The van der Waals surface area contributed by atoms with Crippen molar-refractivity contribution in [2.24, 2.45) is 5.92 Å². The van der Waals surface area contributed by atoms with E-state index in [1.807, 2.05) is 0 Å². The fraction of sp³-hybridized carbons (Fsp3) is 0.722. The molecule has 1 amide bonds. The minimum atomic E-state index is 0.176. The molecular weight excluding hydrogens is 308 g/mol. The lowest BCUT2D eigenvalue weighted by Crippen LogP contribution is -2.51. The highest BCUT2D eigenvalue weighted by Gasteiger charge is 2.32. The van der Waals surface area contributed by atoms with Crippen molar-refractivity contribution in [1.29, 1.82) is 0 Å². The van der Waals surface area contributed by atoms with E-state index < -0.39 is 0 Å². The highest BCUT2D eigenvalue weighted by Crippen LogP contribution is 2.27. The van der Waals surface area contributed by atoms with E-state index in [9.17, 15) is 4.79 Å². The third-order valence-corrected chi connectivity index (χ3v) is 6.07. The highest BCUT2D eigenvalue weighted by atomic mass is 32.1. The number of hydrogen-bond donors (Lipinski definition) is 0. The average molecular weight is 337 g/mol. The van der Waals surface area contributed by atoms with Crippen LogP contribution in [0.5, 0.6) is 0 Å². The number of thiophene rings is 1. The van der Waals surface area contributed by atoms with Gasteiger partial charge in [-0.2, -0.15) is 11.3 Å². The zero-order valence-corrected chi connectivity index (χ0v) is 15.1. The van der Waals surface area contributed by atoms with E-state index in [-0.39, 0.29) is 12.0 Å². The SMILES string of the molecule is CC[C@@H]1C[C@H](C(=O)N2CCN([C@@H](C)c3ccsc3)CC2)CCO1. The Labute approximate surface area is 143 Å². The molecule has 0 radical (unpaired) electrons. The van der Waals surface area contributed by atoms with Gasteiger partial charge >= 0.3 is 0 Å². The van der Waals surface area contributed by atoms with Gasteiger partial charge in [0.15, 0.2) is 0 Å². The van der Waals surface area contributed by atoms with Crippen molar-refractivity contribution in [2.75, 3.05) is 32.8 Å². The van der Waals surface area contributed by atoms with E-state index in [1.54, 1.807) is 11.3 Å². The van der Waals surface area contributed by atoms with Crippen LogP contribution in [0.1, 0.15) is 44.7 Å². The maximum Gasteiger partial charge on any atom is 0.225 e. The summed E-state index contributed by atoms with van der Waals surface area (Å²) < 4.78 is 5.71. The van der Waals surface area contributed by atoms with Crippen molar-refractivity contribution in [2.45, 2.75) is 45.3 Å². The van der Waals surface area contributed by atoms with Gasteiger partial charge in [-0.3, -0.25) is 9.69 Å². The van der Waals surface area contributed by atoms with Crippen molar-refractivity contribution in [3.05, 3.63) is 22.4 Å². The molecule has 3 atom stereocenters. The Balaban J connectivity index is 1.51. The number of ether oxygens (including phenoxy) is 1. The van der Waals surface area contributed by atoms with Crippen LogP contribution in [0.3, 0.4) is 0 Å². The molecule has 128 valence electrons. The fourth-order valence-electron chi connectivity index (χ4n) is 3.70. The van der Waals surface area contributed by atoms with E-state index in [4.69, 9.17) is 4.74 Å². The van der Waals surface area contributed by atoms with Crippen LogP contribution in [0, 0.1) is 5.92 Å². The first-order valence-corrected chi connectivity index (χ1v) is 9.79. The molecule has 1 aromatic heterocycles. The van der Waals surface area contributed by atoms with Crippen LogP contribution < -0.4 is 0 Å². The van der Waals surface area contributed by atoms with Gasteiger partial charge in [-0.05, 0) is 48.6 Å². The number of carbonyl (C=O) groups is 1. The molecule has 0 unspecified atom stereocenters. The van der Waals surface area contributed by atoms with Gasteiger partial charge < -0.3 is 9.64 Å².